The molecule has 0 spiro atoms. The van der Waals surface area contributed by atoms with Gasteiger partial charge in [0, 0.05) is 12.3 Å². The van der Waals surface area contributed by atoms with Crippen LogP contribution in [0.4, 0.5) is 0 Å². The van der Waals surface area contributed by atoms with Crippen molar-refractivity contribution in [2.45, 2.75) is 6.92 Å². The van der Waals surface area contributed by atoms with E-state index in [1.165, 1.54) is 12.6 Å². The summed E-state index contributed by atoms with van der Waals surface area (Å²) in [7, 11) is 1.50. The molecule has 0 saturated heterocycles. The fraction of sp³-hybridized carbons (Fsp3) is 0.154. The van der Waals surface area contributed by atoms with Crippen molar-refractivity contribution in [2.75, 3.05) is 7.05 Å². The van der Waals surface area contributed by atoms with Crippen molar-refractivity contribution >= 4 is 0 Å². The zero-order chi connectivity index (χ0) is 11.8. The van der Waals surface area contributed by atoms with Crippen molar-refractivity contribution in [3.05, 3.63) is 54.2 Å². The number of nitrogens with two attached hydrogens (primary N) is 1. The van der Waals surface area contributed by atoms with E-state index in [1.807, 2.05) is 49.4 Å². The highest BCUT2D eigenvalue weighted by Crippen LogP contribution is 2.18. The summed E-state index contributed by atoms with van der Waals surface area (Å²) in [6.07, 6.45) is 1.71. The highest BCUT2D eigenvalue weighted by atomic mass is 16.5. The first-order valence-electron chi connectivity index (χ1n) is 5.08. The molecule has 0 bridgehead atoms. The molecule has 3 heteroatoms. The number of ether oxygens (including phenoxy) is 1. The Morgan fingerprint density at radius 2 is 1.69 bits per heavy atom. The van der Waals surface area contributed by atoms with Gasteiger partial charge in [-0.25, -0.2) is 4.98 Å². The van der Waals surface area contributed by atoms with Crippen LogP contribution in [0.2, 0.25) is 0 Å². The summed E-state index contributed by atoms with van der Waals surface area (Å²) < 4.78 is 5.52. The van der Waals surface area contributed by atoms with E-state index >= 15 is 0 Å². The Morgan fingerprint density at radius 3 is 2.25 bits per heavy atom. The van der Waals surface area contributed by atoms with Crippen molar-refractivity contribution in [2.24, 2.45) is 5.73 Å². The Bertz CT molecular complexity index is 398. The lowest BCUT2D eigenvalue weighted by Crippen LogP contribution is -1.86. The molecule has 16 heavy (non-hydrogen) atoms. The summed E-state index contributed by atoms with van der Waals surface area (Å²) in [5, 5.41) is 0. The van der Waals surface area contributed by atoms with Crippen LogP contribution in [-0.2, 0) is 0 Å². The Hall–Kier alpha value is -1.87. The molecule has 84 valence electrons. The van der Waals surface area contributed by atoms with Crippen LogP contribution in [-0.4, -0.2) is 12.0 Å². The van der Waals surface area contributed by atoms with Gasteiger partial charge in [-0.05, 0) is 32.2 Å². The Balaban J connectivity index is 0.000000606. The van der Waals surface area contributed by atoms with Crippen LogP contribution >= 0.6 is 0 Å². The quantitative estimate of drug-likeness (QED) is 0.839. The second-order valence-corrected chi connectivity index (χ2v) is 3.08. The van der Waals surface area contributed by atoms with Gasteiger partial charge < -0.3 is 10.5 Å². The second kappa shape index (κ2) is 6.58. The summed E-state index contributed by atoms with van der Waals surface area (Å²) in [4.78, 5) is 4.07. The molecule has 0 amide bonds. The molecule has 0 aliphatic carbocycles. The highest BCUT2D eigenvalue weighted by molar-refractivity contribution is 5.29. The van der Waals surface area contributed by atoms with E-state index in [0.29, 0.717) is 5.88 Å². The number of aryl methyl sites for hydroxylation is 1. The molecule has 1 aromatic carbocycles. The van der Waals surface area contributed by atoms with Gasteiger partial charge in [0.2, 0.25) is 5.88 Å². The molecule has 0 unspecified atom stereocenters. The summed E-state index contributed by atoms with van der Waals surface area (Å²) in [5.41, 5.74) is 5.72. The molecule has 3 nitrogen and oxygen atoms in total. The molecule has 0 fully saturated rings. The SMILES string of the molecule is CN.Cc1ccc(Oc2ccccn2)cc1. The molecular formula is C13H16N2O. The number of rotatable bonds is 2. The van der Waals surface area contributed by atoms with Crippen LogP contribution in [0, 0.1) is 6.92 Å². The number of pyridine rings is 1. The van der Waals surface area contributed by atoms with Crippen molar-refractivity contribution in [3.8, 4) is 11.6 Å². The van der Waals surface area contributed by atoms with E-state index < -0.39 is 0 Å². The van der Waals surface area contributed by atoms with Gasteiger partial charge in [-0.1, -0.05) is 23.8 Å². The van der Waals surface area contributed by atoms with Gasteiger partial charge in [0.15, 0.2) is 0 Å². The van der Waals surface area contributed by atoms with Crippen LogP contribution in [0.5, 0.6) is 11.6 Å². The predicted molar refractivity (Wildman–Crippen MR) is 65.6 cm³/mol. The number of hydrogen-bond acceptors (Lipinski definition) is 3. The summed E-state index contributed by atoms with van der Waals surface area (Å²) >= 11 is 0. The van der Waals surface area contributed by atoms with Crippen LogP contribution in [0.3, 0.4) is 0 Å². The van der Waals surface area contributed by atoms with Gasteiger partial charge in [-0.15, -0.1) is 0 Å². The zero-order valence-electron chi connectivity index (χ0n) is 9.55. The molecule has 0 atom stereocenters. The van der Waals surface area contributed by atoms with E-state index in [2.05, 4.69) is 10.7 Å². The normalized spacial score (nSPS) is 8.94. The smallest absolute Gasteiger partial charge is 0.219 e. The minimum atomic E-state index is 0.622. The molecule has 2 rings (SSSR count). The molecule has 2 N–H and O–H groups in total. The molecular weight excluding hydrogens is 200 g/mol. The third-order valence-corrected chi connectivity index (χ3v) is 1.88. The molecule has 1 aromatic heterocycles. The lowest BCUT2D eigenvalue weighted by atomic mass is 10.2. The molecule has 0 radical (unpaired) electrons. The number of nitrogens with zero attached hydrogens (tertiary/aromatic N) is 1. The number of hydrogen-bond donors (Lipinski definition) is 1. The maximum atomic E-state index is 5.52. The molecule has 2 aromatic rings. The van der Waals surface area contributed by atoms with Crippen molar-refractivity contribution < 1.29 is 4.74 Å². The summed E-state index contributed by atoms with van der Waals surface area (Å²) in [6, 6.07) is 13.5. The average Bonchev–Trinajstić information content (AvgIpc) is 2.36. The summed E-state index contributed by atoms with van der Waals surface area (Å²) in [5.74, 6) is 1.44. The lowest BCUT2D eigenvalue weighted by Gasteiger charge is -2.03. The van der Waals surface area contributed by atoms with Gasteiger partial charge in [0.05, 0.1) is 0 Å². The fourth-order valence-electron chi connectivity index (χ4n) is 1.13. The average molecular weight is 216 g/mol. The van der Waals surface area contributed by atoms with Crippen molar-refractivity contribution in [1.29, 1.82) is 0 Å². The minimum Gasteiger partial charge on any atom is -0.439 e. The maximum Gasteiger partial charge on any atom is 0.219 e. The Morgan fingerprint density at radius 1 is 1.00 bits per heavy atom. The fourth-order valence-corrected chi connectivity index (χ4v) is 1.13. The zero-order valence-corrected chi connectivity index (χ0v) is 9.55. The van der Waals surface area contributed by atoms with E-state index in [1.54, 1.807) is 6.20 Å². The Labute approximate surface area is 95.9 Å². The first-order chi connectivity index (χ1) is 7.84. The second-order valence-electron chi connectivity index (χ2n) is 3.08. The maximum absolute atomic E-state index is 5.52. The topological polar surface area (TPSA) is 48.1 Å². The van der Waals surface area contributed by atoms with Crippen molar-refractivity contribution in [1.82, 2.24) is 4.98 Å². The van der Waals surface area contributed by atoms with E-state index in [4.69, 9.17) is 4.74 Å². The van der Waals surface area contributed by atoms with Gasteiger partial charge in [-0.3, -0.25) is 0 Å². The standard InChI is InChI=1S/C12H11NO.CH5N/c1-10-5-7-11(8-6-10)14-12-4-2-3-9-13-12;1-2/h2-9H,1H3;2H2,1H3. The van der Waals surface area contributed by atoms with Gasteiger partial charge in [-0.2, -0.15) is 0 Å². The minimum absolute atomic E-state index is 0.622. The highest BCUT2D eigenvalue weighted by Gasteiger charge is 1.95. The first kappa shape index (κ1) is 12.2. The van der Waals surface area contributed by atoms with Crippen LogP contribution < -0.4 is 10.5 Å². The van der Waals surface area contributed by atoms with Gasteiger partial charge >= 0.3 is 0 Å². The largest absolute Gasteiger partial charge is 0.439 e. The number of aromatic nitrogens is 1. The van der Waals surface area contributed by atoms with Gasteiger partial charge in [0.25, 0.3) is 0 Å². The third kappa shape index (κ3) is 3.71. The molecule has 0 aliphatic heterocycles. The number of benzene rings is 1. The van der Waals surface area contributed by atoms with Crippen LogP contribution in [0.1, 0.15) is 5.56 Å². The van der Waals surface area contributed by atoms with Crippen LogP contribution in [0.25, 0.3) is 0 Å². The van der Waals surface area contributed by atoms with E-state index in [9.17, 15) is 0 Å². The van der Waals surface area contributed by atoms with E-state index in [-0.39, 0.29) is 0 Å². The van der Waals surface area contributed by atoms with E-state index in [0.717, 1.165) is 5.75 Å². The molecule has 0 saturated carbocycles. The molecule has 1 heterocycles. The summed E-state index contributed by atoms with van der Waals surface area (Å²) in [6.45, 7) is 2.05. The van der Waals surface area contributed by atoms with Crippen LogP contribution in [0.15, 0.2) is 48.7 Å². The lowest BCUT2D eigenvalue weighted by molar-refractivity contribution is 0.463. The van der Waals surface area contributed by atoms with Gasteiger partial charge in [0.1, 0.15) is 5.75 Å². The monoisotopic (exact) mass is 216 g/mol. The van der Waals surface area contributed by atoms with Crippen molar-refractivity contribution in [3.63, 3.8) is 0 Å². The Kier molecular flexibility index (Phi) is 5.02. The first-order valence-corrected chi connectivity index (χ1v) is 5.08. The third-order valence-electron chi connectivity index (χ3n) is 1.88. The molecule has 0 aliphatic rings. The predicted octanol–water partition coefficient (Wildman–Crippen LogP) is 2.76.